The van der Waals surface area contributed by atoms with Gasteiger partial charge in [0.05, 0.1) is 5.69 Å². The zero-order chi connectivity index (χ0) is 14.1. The summed E-state index contributed by atoms with van der Waals surface area (Å²) in [6.45, 7) is 4.05. The van der Waals surface area contributed by atoms with Crippen molar-refractivity contribution >= 4 is 11.6 Å². The fraction of sp³-hybridized carbons (Fsp3) is 0.250. The number of aromatic nitrogens is 1. The molecule has 2 N–H and O–H groups in total. The van der Waals surface area contributed by atoms with Gasteiger partial charge in [0.25, 0.3) is 0 Å². The van der Waals surface area contributed by atoms with Crippen molar-refractivity contribution in [3.05, 3.63) is 59.4 Å². The van der Waals surface area contributed by atoms with Crippen molar-refractivity contribution in [2.75, 3.05) is 5.32 Å². The van der Waals surface area contributed by atoms with E-state index in [4.69, 9.17) is 0 Å². The second-order valence-electron chi connectivity index (χ2n) is 5.16. The monoisotopic (exact) mass is 267 g/mol. The number of fused-ring (bicyclic) bond motifs is 1. The summed E-state index contributed by atoms with van der Waals surface area (Å²) in [5.74, 6) is -0.00613. The third-order valence-electron chi connectivity index (χ3n) is 3.59. The smallest absolute Gasteiger partial charge is 0.246 e. The van der Waals surface area contributed by atoms with E-state index in [9.17, 15) is 4.79 Å². The molecule has 2 unspecified atom stereocenters. The molecular formula is C16H17N3O. The SMILES string of the molecule is Cc1ccc2c(c1)C(NC(C)c1ccccn1)C(=O)N2. The molecule has 1 aliphatic rings. The van der Waals surface area contributed by atoms with Crippen molar-refractivity contribution in [2.45, 2.75) is 25.9 Å². The van der Waals surface area contributed by atoms with Crippen LogP contribution in [0.4, 0.5) is 5.69 Å². The molecule has 0 saturated heterocycles. The molecule has 1 amide bonds. The van der Waals surface area contributed by atoms with Gasteiger partial charge in [0.2, 0.25) is 5.91 Å². The van der Waals surface area contributed by atoms with Gasteiger partial charge in [0.1, 0.15) is 6.04 Å². The van der Waals surface area contributed by atoms with E-state index in [1.54, 1.807) is 6.20 Å². The molecule has 1 aromatic carbocycles. The molecule has 0 radical (unpaired) electrons. The van der Waals surface area contributed by atoms with Crippen LogP contribution in [0.1, 0.15) is 35.8 Å². The van der Waals surface area contributed by atoms with E-state index in [0.717, 1.165) is 22.5 Å². The first-order valence-corrected chi connectivity index (χ1v) is 6.73. The summed E-state index contributed by atoms with van der Waals surface area (Å²) in [5.41, 5.74) is 3.99. The van der Waals surface area contributed by atoms with Gasteiger partial charge in [-0.1, -0.05) is 23.8 Å². The van der Waals surface area contributed by atoms with Crippen molar-refractivity contribution in [3.8, 4) is 0 Å². The largest absolute Gasteiger partial charge is 0.324 e. The summed E-state index contributed by atoms with van der Waals surface area (Å²) in [5, 5.41) is 6.26. The fourth-order valence-corrected chi connectivity index (χ4v) is 2.51. The molecule has 0 fully saturated rings. The zero-order valence-corrected chi connectivity index (χ0v) is 11.6. The Hall–Kier alpha value is -2.20. The highest BCUT2D eigenvalue weighted by atomic mass is 16.2. The standard InChI is InChI=1S/C16H17N3O/c1-10-6-7-14-12(9-10)15(16(20)19-14)18-11(2)13-5-3-4-8-17-13/h3-9,11,15,18H,1-2H3,(H,19,20). The lowest BCUT2D eigenvalue weighted by Crippen LogP contribution is -2.30. The third-order valence-corrected chi connectivity index (χ3v) is 3.59. The van der Waals surface area contributed by atoms with Crippen LogP contribution >= 0.6 is 0 Å². The molecular weight excluding hydrogens is 250 g/mol. The molecule has 20 heavy (non-hydrogen) atoms. The summed E-state index contributed by atoms with van der Waals surface area (Å²) in [7, 11) is 0. The summed E-state index contributed by atoms with van der Waals surface area (Å²) in [6.07, 6.45) is 1.76. The summed E-state index contributed by atoms with van der Waals surface area (Å²) >= 11 is 0. The molecule has 2 aromatic rings. The number of pyridine rings is 1. The van der Waals surface area contributed by atoms with E-state index < -0.39 is 0 Å². The second kappa shape index (κ2) is 5.06. The van der Waals surface area contributed by atoms with Crippen LogP contribution < -0.4 is 10.6 Å². The molecule has 0 aliphatic carbocycles. The van der Waals surface area contributed by atoms with Crippen LogP contribution in [-0.2, 0) is 4.79 Å². The van der Waals surface area contributed by atoms with Gasteiger partial charge in [0, 0.05) is 23.5 Å². The van der Waals surface area contributed by atoms with Crippen LogP contribution in [0.2, 0.25) is 0 Å². The predicted molar refractivity (Wildman–Crippen MR) is 78.3 cm³/mol. The Morgan fingerprint density at radius 3 is 2.90 bits per heavy atom. The van der Waals surface area contributed by atoms with Gasteiger partial charge in [-0.3, -0.25) is 15.1 Å². The number of anilines is 1. The number of nitrogens with zero attached hydrogens (tertiary/aromatic N) is 1. The highest BCUT2D eigenvalue weighted by molar-refractivity contribution is 6.02. The van der Waals surface area contributed by atoms with Gasteiger partial charge in [-0.2, -0.15) is 0 Å². The van der Waals surface area contributed by atoms with Crippen LogP contribution in [-0.4, -0.2) is 10.9 Å². The maximum Gasteiger partial charge on any atom is 0.246 e. The van der Waals surface area contributed by atoms with Gasteiger partial charge in [-0.25, -0.2) is 0 Å². The number of benzene rings is 1. The van der Waals surface area contributed by atoms with E-state index >= 15 is 0 Å². The first kappa shape index (κ1) is 12.8. The molecule has 0 saturated carbocycles. The Balaban J connectivity index is 1.85. The average Bonchev–Trinajstić information content (AvgIpc) is 2.76. The summed E-state index contributed by atoms with van der Waals surface area (Å²) in [6, 6.07) is 11.5. The van der Waals surface area contributed by atoms with Crippen LogP contribution in [0.5, 0.6) is 0 Å². The Morgan fingerprint density at radius 1 is 1.30 bits per heavy atom. The highest BCUT2D eigenvalue weighted by Crippen LogP contribution is 2.32. The first-order valence-electron chi connectivity index (χ1n) is 6.73. The maximum absolute atomic E-state index is 12.1. The van der Waals surface area contributed by atoms with Crippen LogP contribution in [0.25, 0.3) is 0 Å². The number of aryl methyl sites for hydroxylation is 1. The summed E-state index contributed by atoms with van der Waals surface area (Å²) < 4.78 is 0. The van der Waals surface area contributed by atoms with E-state index in [2.05, 4.69) is 21.7 Å². The fourth-order valence-electron chi connectivity index (χ4n) is 2.51. The van der Waals surface area contributed by atoms with E-state index in [-0.39, 0.29) is 18.0 Å². The van der Waals surface area contributed by atoms with Gasteiger partial charge < -0.3 is 5.32 Å². The highest BCUT2D eigenvalue weighted by Gasteiger charge is 2.31. The Morgan fingerprint density at radius 2 is 2.15 bits per heavy atom. The zero-order valence-electron chi connectivity index (χ0n) is 11.6. The number of hydrogen-bond donors (Lipinski definition) is 2. The minimum atomic E-state index is -0.318. The van der Waals surface area contributed by atoms with Crippen LogP contribution in [0, 0.1) is 6.92 Å². The topological polar surface area (TPSA) is 54.0 Å². The number of hydrogen-bond acceptors (Lipinski definition) is 3. The minimum absolute atomic E-state index is 0.00613. The van der Waals surface area contributed by atoms with Gasteiger partial charge in [-0.05, 0) is 32.0 Å². The predicted octanol–water partition coefficient (Wildman–Crippen LogP) is 2.73. The third kappa shape index (κ3) is 2.30. The van der Waals surface area contributed by atoms with Crippen LogP contribution in [0.15, 0.2) is 42.6 Å². The van der Waals surface area contributed by atoms with Crippen molar-refractivity contribution in [3.63, 3.8) is 0 Å². The lowest BCUT2D eigenvalue weighted by molar-refractivity contribution is -0.117. The molecule has 4 heteroatoms. The molecule has 2 heterocycles. The lowest BCUT2D eigenvalue weighted by atomic mass is 10.0. The van der Waals surface area contributed by atoms with E-state index in [1.807, 2.05) is 44.2 Å². The molecule has 1 aromatic heterocycles. The molecule has 2 atom stereocenters. The minimum Gasteiger partial charge on any atom is -0.324 e. The number of nitrogens with one attached hydrogen (secondary N) is 2. The second-order valence-corrected chi connectivity index (χ2v) is 5.16. The van der Waals surface area contributed by atoms with Gasteiger partial charge in [0.15, 0.2) is 0 Å². The number of rotatable bonds is 3. The normalized spacial score (nSPS) is 18.5. The van der Waals surface area contributed by atoms with Crippen molar-refractivity contribution in [2.24, 2.45) is 0 Å². The van der Waals surface area contributed by atoms with Crippen molar-refractivity contribution in [1.29, 1.82) is 0 Å². The Bertz CT molecular complexity index is 639. The Labute approximate surface area is 118 Å². The van der Waals surface area contributed by atoms with Crippen molar-refractivity contribution in [1.82, 2.24) is 10.3 Å². The maximum atomic E-state index is 12.1. The van der Waals surface area contributed by atoms with Gasteiger partial charge >= 0.3 is 0 Å². The van der Waals surface area contributed by atoms with Crippen LogP contribution in [0.3, 0.4) is 0 Å². The first-order chi connectivity index (χ1) is 9.65. The molecule has 0 bridgehead atoms. The lowest BCUT2D eigenvalue weighted by Gasteiger charge is -2.18. The molecule has 3 rings (SSSR count). The number of amides is 1. The number of carbonyl (C=O) groups excluding carboxylic acids is 1. The molecule has 1 aliphatic heterocycles. The average molecular weight is 267 g/mol. The molecule has 102 valence electrons. The van der Waals surface area contributed by atoms with Gasteiger partial charge in [-0.15, -0.1) is 0 Å². The molecule has 4 nitrogen and oxygen atoms in total. The molecule has 0 spiro atoms. The quantitative estimate of drug-likeness (QED) is 0.899. The summed E-state index contributed by atoms with van der Waals surface area (Å²) in [4.78, 5) is 16.4. The Kier molecular flexibility index (Phi) is 3.24. The number of carbonyl (C=O) groups is 1. The van der Waals surface area contributed by atoms with E-state index in [1.165, 1.54) is 0 Å². The van der Waals surface area contributed by atoms with E-state index in [0.29, 0.717) is 0 Å². The van der Waals surface area contributed by atoms with Crippen molar-refractivity contribution < 1.29 is 4.79 Å².